The topological polar surface area (TPSA) is 103 Å². The summed E-state index contributed by atoms with van der Waals surface area (Å²) < 4.78 is 43.0. The summed E-state index contributed by atoms with van der Waals surface area (Å²) >= 11 is 0. The molecule has 0 unspecified atom stereocenters. The third-order valence-electron chi connectivity index (χ3n) is 4.47. The highest BCUT2D eigenvalue weighted by molar-refractivity contribution is 7.89. The molecular formula is C22H30N2O6S. The fourth-order valence-electron chi connectivity index (χ4n) is 2.71. The number of amides is 1. The number of sulfonamides is 1. The van der Waals surface area contributed by atoms with E-state index in [2.05, 4.69) is 10.0 Å². The van der Waals surface area contributed by atoms with Gasteiger partial charge in [-0.2, -0.15) is 0 Å². The van der Waals surface area contributed by atoms with Crippen LogP contribution in [0.1, 0.15) is 32.4 Å². The SMILES string of the molecule is COc1ccc([C@@H](C)NC(=O)COc2ccc(S(=O)(=O)NCC(C)C)cc2)cc1OC. The van der Waals surface area contributed by atoms with Gasteiger partial charge in [-0.05, 0) is 54.8 Å². The van der Waals surface area contributed by atoms with E-state index >= 15 is 0 Å². The second-order valence-corrected chi connectivity index (χ2v) is 9.18. The summed E-state index contributed by atoms with van der Waals surface area (Å²) in [5.74, 6) is 1.49. The highest BCUT2D eigenvalue weighted by atomic mass is 32.2. The molecule has 0 aromatic heterocycles. The minimum Gasteiger partial charge on any atom is -0.493 e. The highest BCUT2D eigenvalue weighted by Crippen LogP contribution is 2.29. The molecule has 0 radical (unpaired) electrons. The van der Waals surface area contributed by atoms with Crippen LogP contribution in [0.3, 0.4) is 0 Å². The lowest BCUT2D eigenvalue weighted by atomic mass is 10.1. The van der Waals surface area contributed by atoms with Crippen molar-refractivity contribution in [2.45, 2.75) is 31.7 Å². The van der Waals surface area contributed by atoms with Gasteiger partial charge in [0.2, 0.25) is 10.0 Å². The summed E-state index contributed by atoms with van der Waals surface area (Å²) in [6.07, 6.45) is 0. The van der Waals surface area contributed by atoms with Crippen LogP contribution in [0.2, 0.25) is 0 Å². The average molecular weight is 451 g/mol. The van der Waals surface area contributed by atoms with Gasteiger partial charge in [-0.25, -0.2) is 13.1 Å². The van der Waals surface area contributed by atoms with E-state index in [1.165, 1.54) is 24.3 Å². The lowest BCUT2D eigenvalue weighted by molar-refractivity contribution is -0.123. The standard InChI is InChI=1S/C22H30N2O6S/c1-15(2)13-23-31(26,27)19-9-7-18(8-10-19)30-14-22(25)24-16(3)17-6-11-20(28-4)21(12-17)29-5/h6-12,15-16,23H,13-14H2,1-5H3,(H,24,25)/t16-/m1/s1. The summed E-state index contributed by atoms with van der Waals surface area (Å²) in [7, 11) is -0.454. The van der Waals surface area contributed by atoms with Crippen molar-refractivity contribution in [1.82, 2.24) is 10.0 Å². The average Bonchev–Trinajstić information content (AvgIpc) is 2.76. The molecule has 2 rings (SSSR count). The van der Waals surface area contributed by atoms with Crippen LogP contribution in [0.5, 0.6) is 17.2 Å². The maximum Gasteiger partial charge on any atom is 0.258 e. The first-order chi connectivity index (χ1) is 14.7. The van der Waals surface area contributed by atoms with E-state index < -0.39 is 10.0 Å². The van der Waals surface area contributed by atoms with E-state index in [4.69, 9.17) is 14.2 Å². The maximum atomic E-state index is 12.3. The summed E-state index contributed by atoms with van der Waals surface area (Å²) in [4.78, 5) is 12.4. The summed E-state index contributed by atoms with van der Waals surface area (Å²) in [6, 6.07) is 11.1. The smallest absolute Gasteiger partial charge is 0.258 e. The first kappa shape index (κ1) is 24.5. The molecule has 8 nitrogen and oxygen atoms in total. The number of benzene rings is 2. The van der Waals surface area contributed by atoms with Crippen molar-refractivity contribution in [1.29, 1.82) is 0 Å². The number of nitrogens with one attached hydrogen (secondary N) is 2. The number of ether oxygens (including phenoxy) is 3. The van der Waals surface area contributed by atoms with Crippen molar-refractivity contribution in [3.63, 3.8) is 0 Å². The maximum absolute atomic E-state index is 12.3. The van der Waals surface area contributed by atoms with Gasteiger partial charge in [-0.15, -0.1) is 0 Å². The van der Waals surface area contributed by atoms with Crippen LogP contribution in [0.25, 0.3) is 0 Å². The van der Waals surface area contributed by atoms with Gasteiger partial charge in [0.1, 0.15) is 5.75 Å². The van der Waals surface area contributed by atoms with Gasteiger partial charge in [0.25, 0.3) is 5.91 Å². The van der Waals surface area contributed by atoms with Crippen LogP contribution in [-0.2, 0) is 14.8 Å². The molecule has 0 bridgehead atoms. The molecule has 2 N–H and O–H groups in total. The molecule has 170 valence electrons. The van der Waals surface area contributed by atoms with Crippen LogP contribution < -0.4 is 24.2 Å². The third kappa shape index (κ3) is 7.15. The largest absolute Gasteiger partial charge is 0.493 e. The predicted octanol–water partition coefficient (Wildman–Crippen LogP) is 2.89. The molecule has 2 aromatic rings. The molecule has 0 saturated heterocycles. The Hall–Kier alpha value is -2.78. The Balaban J connectivity index is 1.91. The van der Waals surface area contributed by atoms with Crippen LogP contribution >= 0.6 is 0 Å². The Kier molecular flexibility index (Phi) is 8.70. The molecule has 0 aliphatic carbocycles. The van der Waals surface area contributed by atoms with Gasteiger partial charge in [-0.3, -0.25) is 4.79 Å². The van der Waals surface area contributed by atoms with Gasteiger partial charge < -0.3 is 19.5 Å². The number of carbonyl (C=O) groups is 1. The van der Waals surface area contributed by atoms with Gasteiger partial charge in [0.05, 0.1) is 25.2 Å². The fraction of sp³-hybridized carbons (Fsp3) is 0.409. The molecular weight excluding hydrogens is 420 g/mol. The van der Waals surface area contributed by atoms with Crippen molar-refractivity contribution in [2.24, 2.45) is 5.92 Å². The molecule has 31 heavy (non-hydrogen) atoms. The normalized spacial score (nSPS) is 12.3. The quantitative estimate of drug-likeness (QED) is 0.546. The Bertz CT molecular complexity index is 974. The number of methoxy groups -OCH3 is 2. The summed E-state index contributed by atoms with van der Waals surface area (Å²) in [6.45, 7) is 5.87. The lowest BCUT2D eigenvalue weighted by Crippen LogP contribution is -2.31. The zero-order chi connectivity index (χ0) is 23.0. The van der Waals surface area contributed by atoms with E-state index in [1.807, 2.05) is 26.8 Å². The molecule has 0 spiro atoms. The molecule has 0 aliphatic rings. The molecule has 1 atom stereocenters. The van der Waals surface area contributed by atoms with Crippen molar-refractivity contribution in [3.8, 4) is 17.2 Å². The molecule has 0 saturated carbocycles. The number of rotatable bonds is 11. The molecule has 0 fully saturated rings. The Morgan fingerprint density at radius 1 is 0.968 bits per heavy atom. The van der Waals surface area contributed by atoms with Crippen molar-refractivity contribution >= 4 is 15.9 Å². The first-order valence-corrected chi connectivity index (χ1v) is 11.4. The Morgan fingerprint density at radius 2 is 1.61 bits per heavy atom. The van der Waals surface area contributed by atoms with Gasteiger partial charge in [0.15, 0.2) is 18.1 Å². The van der Waals surface area contributed by atoms with Crippen molar-refractivity contribution in [2.75, 3.05) is 27.4 Å². The van der Waals surface area contributed by atoms with Crippen molar-refractivity contribution < 1.29 is 27.4 Å². The van der Waals surface area contributed by atoms with E-state index in [0.717, 1.165) is 5.56 Å². The zero-order valence-electron chi connectivity index (χ0n) is 18.5. The molecule has 0 aliphatic heterocycles. The van der Waals surface area contributed by atoms with Crippen LogP contribution in [-0.4, -0.2) is 41.7 Å². The van der Waals surface area contributed by atoms with Gasteiger partial charge >= 0.3 is 0 Å². The molecule has 9 heteroatoms. The monoisotopic (exact) mass is 450 g/mol. The number of hydrogen-bond donors (Lipinski definition) is 2. The minimum atomic E-state index is -3.56. The zero-order valence-corrected chi connectivity index (χ0v) is 19.3. The van der Waals surface area contributed by atoms with Gasteiger partial charge in [0, 0.05) is 6.54 Å². The summed E-state index contributed by atoms with van der Waals surface area (Å²) in [5.41, 5.74) is 0.856. The molecule has 2 aromatic carbocycles. The van der Waals surface area contributed by atoms with Crippen LogP contribution in [0.4, 0.5) is 0 Å². The van der Waals surface area contributed by atoms with E-state index in [9.17, 15) is 13.2 Å². The van der Waals surface area contributed by atoms with Crippen LogP contribution in [0.15, 0.2) is 47.4 Å². The number of hydrogen-bond acceptors (Lipinski definition) is 6. The Morgan fingerprint density at radius 3 is 2.19 bits per heavy atom. The Labute approximate surface area is 184 Å². The fourth-order valence-corrected chi connectivity index (χ4v) is 3.93. The van der Waals surface area contributed by atoms with E-state index in [-0.39, 0.29) is 29.4 Å². The molecule has 1 amide bonds. The predicted molar refractivity (Wildman–Crippen MR) is 118 cm³/mol. The second kappa shape index (κ2) is 11.0. The third-order valence-corrected chi connectivity index (χ3v) is 5.91. The van der Waals surface area contributed by atoms with E-state index in [1.54, 1.807) is 26.4 Å². The van der Waals surface area contributed by atoms with E-state index in [0.29, 0.717) is 23.8 Å². The molecule has 0 heterocycles. The van der Waals surface area contributed by atoms with Crippen LogP contribution in [0, 0.1) is 5.92 Å². The van der Waals surface area contributed by atoms with Gasteiger partial charge in [-0.1, -0.05) is 19.9 Å². The highest BCUT2D eigenvalue weighted by Gasteiger charge is 2.15. The summed E-state index contributed by atoms with van der Waals surface area (Å²) in [5, 5.41) is 2.85. The second-order valence-electron chi connectivity index (χ2n) is 7.41. The van der Waals surface area contributed by atoms with Crippen molar-refractivity contribution in [3.05, 3.63) is 48.0 Å². The lowest BCUT2D eigenvalue weighted by Gasteiger charge is -2.17. The number of carbonyl (C=O) groups excluding carboxylic acids is 1. The first-order valence-electron chi connectivity index (χ1n) is 9.90. The minimum absolute atomic E-state index is 0.145.